The minimum Gasteiger partial charge on any atom is -0.462 e. The normalized spacial score (nSPS) is 14.0. The topological polar surface area (TPSA) is 237 Å². The number of aliphatic hydroxyl groups excluding tert-OH is 1. The first-order chi connectivity index (χ1) is 50.1. The molecular weight excluding hydrogens is 1350 g/mol. The van der Waals surface area contributed by atoms with E-state index in [0.717, 1.165) is 114 Å². The van der Waals surface area contributed by atoms with Crippen molar-refractivity contribution < 1.29 is 80.2 Å². The second-order valence-corrected chi connectivity index (χ2v) is 35.4. The van der Waals surface area contributed by atoms with Gasteiger partial charge in [0.2, 0.25) is 0 Å². The van der Waals surface area contributed by atoms with Gasteiger partial charge in [-0.2, -0.15) is 0 Å². The molecule has 0 saturated carbocycles. The Kier molecular flexibility index (Phi) is 72.5. The van der Waals surface area contributed by atoms with Crippen LogP contribution in [0.4, 0.5) is 0 Å². The SMILES string of the molecule is CC(C)CCCCCCCCCCCCCCCCCCCCC(=O)O[C@H](COC(=O)CCCCCCCCCCCCCCCCCCC(C)C)COP(=O)(O)OC[C@@H](O)COP(=O)(O)OC[C@@H](COC(=O)CCCCCCCCCCCC(C)C)OC(=O)CCCCCCCCCCCC(C)C. The molecule has 5 atom stereocenters. The molecule has 2 unspecified atom stereocenters. The van der Waals surface area contributed by atoms with Crippen LogP contribution in [-0.4, -0.2) is 96.7 Å². The van der Waals surface area contributed by atoms with Crippen LogP contribution >= 0.6 is 15.6 Å². The van der Waals surface area contributed by atoms with E-state index in [-0.39, 0.29) is 25.7 Å². The van der Waals surface area contributed by atoms with Crippen LogP contribution in [0.15, 0.2) is 0 Å². The zero-order valence-corrected chi connectivity index (χ0v) is 70.5. The van der Waals surface area contributed by atoms with E-state index < -0.39 is 97.5 Å². The number of ether oxygens (including phenoxy) is 4. The molecule has 19 heteroatoms. The molecule has 0 bridgehead atoms. The fraction of sp³-hybridized carbons (Fsp3) is 0.953. The Balaban J connectivity index is 5.23. The second kappa shape index (κ2) is 73.8. The molecule has 0 aliphatic rings. The van der Waals surface area contributed by atoms with Crippen molar-refractivity contribution in [2.45, 2.75) is 459 Å². The Bertz CT molecular complexity index is 2020. The Morgan fingerprint density at radius 1 is 0.240 bits per heavy atom. The minimum atomic E-state index is -4.97. The van der Waals surface area contributed by atoms with Crippen LogP contribution < -0.4 is 0 Å². The van der Waals surface area contributed by atoms with Crippen LogP contribution in [0.5, 0.6) is 0 Å². The number of aliphatic hydroxyl groups is 1. The Hall–Kier alpha value is -1.94. The Morgan fingerprint density at radius 3 is 0.596 bits per heavy atom. The highest BCUT2D eigenvalue weighted by Crippen LogP contribution is 2.45. The summed E-state index contributed by atoms with van der Waals surface area (Å²) in [5, 5.41) is 10.7. The molecule has 0 aromatic carbocycles. The molecule has 0 aromatic rings. The Labute approximate surface area is 638 Å². The van der Waals surface area contributed by atoms with Crippen molar-refractivity contribution >= 4 is 39.5 Å². The maximum atomic E-state index is 13.1. The summed E-state index contributed by atoms with van der Waals surface area (Å²) in [6.45, 7) is 14.3. The largest absolute Gasteiger partial charge is 0.472 e. The third-order valence-electron chi connectivity index (χ3n) is 19.8. The first kappa shape index (κ1) is 102. The minimum absolute atomic E-state index is 0.105. The lowest BCUT2D eigenvalue weighted by Gasteiger charge is -2.21. The number of rotatable bonds is 82. The molecule has 0 aliphatic carbocycles. The van der Waals surface area contributed by atoms with E-state index in [1.807, 2.05) is 0 Å². The van der Waals surface area contributed by atoms with Crippen LogP contribution in [0.2, 0.25) is 0 Å². The molecule has 0 saturated heterocycles. The fourth-order valence-electron chi connectivity index (χ4n) is 13.1. The zero-order valence-electron chi connectivity index (χ0n) is 68.7. The van der Waals surface area contributed by atoms with Crippen LogP contribution in [0.1, 0.15) is 441 Å². The van der Waals surface area contributed by atoms with Gasteiger partial charge in [-0.1, -0.05) is 389 Å². The lowest BCUT2D eigenvalue weighted by atomic mass is 10.0. The first-order valence-corrected chi connectivity index (χ1v) is 46.7. The lowest BCUT2D eigenvalue weighted by Crippen LogP contribution is -2.30. The molecule has 0 rings (SSSR count). The summed E-state index contributed by atoms with van der Waals surface area (Å²) in [6.07, 6.45) is 62.6. The summed E-state index contributed by atoms with van der Waals surface area (Å²) in [5.41, 5.74) is 0. The summed E-state index contributed by atoms with van der Waals surface area (Å²) in [4.78, 5) is 73.2. The van der Waals surface area contributed by atoms with E-state index in [1.54, 1.807) is 0 Å². The van der Waals surface area contributed by atoms with Crippen LogP contribution in [0.3, 0.4) is 0 Å². The molecule has 17 nitrogen and oxygen atoms in total. The highest BCUT2D eigenvalue weighted by molar-refractivity contribution is 7.47. The smallest absolute Gasteiger partial charge is 0.462 e. The third kappa shape index (κ3) is 78.2. The van der Waals surface area contributed by atoms with Gasteiger partial charge in [-0.25, -0.2) is 9.13 Å². The van der Waals surface area contributed by atoms with Crippen LogP contribution in [0.25, 0.3) is 0 Å². The van der Waals surface area contributed by atoms with Crippen molar-refractivity contribution in [2.75, 3.05) is 39.6 Å². The highest BCUT2D eigenvalue weighted by atomic mass is 31.2. The maximum Gasteiger partial charge on any atom is 0.472 e. The zero-order chi connectivity index (χ0) is 76.7. The van der Waals surface area contributed by atoms with E-state index >= 15 is 0 Å². The number of carbonyl (C=O) groups is 4. The van der Waals surface area contributed by atoms with E-state index in [0.29, 0.717) is 25.7 Å². The molecule has 104 heavy (non-hydrogen) atoms. The monoisotopic (exact) mass is 1520 g/mol. The standard InChI is InChI=1S/C85H166O17P2/c1-75(2)61-53-45-37-29-23-19-15-11-9-10-12-18-22-26-34-43-51-59-67-84(89)101-80(71-95-82(87)65-57-49-41-33-25-21-17-14-13-16-20-24-30-38-46-54-62-76(3)4)73-99-103(91,92)97-69-79(86)70-98-104(93,94)100-74-81(102-85(90)68-60-52-44-36-28-32-40-48-56-64-78(7)8)72-96-83(88)66-58-50-42-35-27-31-39-47-55-63-77(5)6/h75-81,86H,9-74H2,1-8H3,(H,91,92)(H,93,94)/t79-,80-,81-/m1/s1. The molecule has 618 valence electrons. The van der Waals surface area contributed by atoms with Gasteiger partial charge in [0.25, 0.3) is 0 Å². The summed E-state index contributed by atoms with van der Waals surface area (Å²) in [7, 11) is -9.93. The van der Waals surface area contributed by atoms with Gasteiger partial charge in [0.15, 0.2) is 12.2 Å². The van der Waals surface area contributed by atoms with E-state index in [9.17, 15) is 43.2 Å². The van der Waals surface area contributed by atoms with Gasteiger partial charge in [-0.05, 0) is 49.4 Å². The number of esters is 4. The number of hydrogen-bond acceptors (Lipinski definition) is 15. The third-order valence-corrected chi connectivity index (χ3v) is 21.7. The lowest BCUT2D eigenvalue weighted by molar-refractivity contribution is -0.161. The van der Waals surface area contributed by atoms with Crippen molar-refractivity contribution in [2.24, 2.45) is 23.7 Å². The molecule has 3 N–H and O–H groups in total. The number of unbranched alkanes of at least 4 members (excludes halogenated alkanes) is 48. The molecular formula is C85H166O17P2. The number of hydrogen-bond donors (Lipinski definition) is 3. The second-order valence-electron chi connectivity index (χ2n) is 32.5. The van der Waals surface area contributed by atoms with E-state index in [4.69, 9.17) is 37.0 Å². The molecule has 0 aliphatic heterocycles. The number of phosphoric acid groups is 2. The average Bonchev–Trinajstić information content (AvgIpc) is 0.918. The van der Waals surface area contributed by atoms with E-state index in [1.165, 1.54) is 244 Å². The van der Waals surface area contributed by atoms with Crippen molar-refractivity contribution in [3.63, 3.8) is 0 Å². The van der Waals surface area contributed by atoms with Gasteiger partial charge < -0.3 is 33.8 Å². The van der Waals surface area contributed by atoms with Gasteiger partial charge in [0.1, 0.15) is 19.3 Å². The van der Waals surface area contributed by atoms with Gasteiger partial charge in [0.05, 0.1) is 26.4 Å². The molecule has 0 radical (unpaired) electrons. The fourth-order valence-corrected chi connectivity index (χ4v) is 14.7. The average molecular weight is 1520 g/mol. The Morgan fingerprint density at radius 2 is 0.404 bits per heavy atom. The predicted molar refractivity (Wildman–Crippen MR) is 428 cm³/mol. The van der Waals surface area contributed by atoms with Gasteiger partial charge in [-0.3, -0.25) is 37.3 Å². The van der Waals surface area contributed by atoms with Crippen molar-refractivity contribution in [3.8, 4) is 0 Å². The number of carbonyl (C=O) groups excluding carboxylic acids is 4. The van der Waals surface area contributed by atoms with Gasteiger partial charge >= 0.3 is 39.5 Å². The molecule has 0 aromatic heterocycles. The van der Waals surface area contributed by atoms with Crippen LogP contribution in [-0.2, 0) is 65.4 Å². The quantitative estimate of drug-likeness (QED) is 0.0222. The molecule has 0 fully saturated rings. The van der Waals surface area contributed by atoms with Crippen LogP contribution in [0, 0.1) is 23.7 Å². The van der Waals surface area contributed by atoms with Crippen molar-refractivity contribution in [1.82, 2.24) is 0 Å². The number of phosphoric ester groups is 2. The molecule has 0 amide bonds. The van der Waals surface area contributed by atoms with Crippen molar-refractivity contribution in [1.29, 1.82) is 0 Å². The predicted octanol–water partition coefficient (Wildman–Crippen LogP) is 25.6. The summed E-state index contributed by atoms with van der Waals surface area (Å²) in [6, 6.07) is 0. The molecule has 0 spiro atoms. The maximum absolute atomic E-state index is 13.1. The summed E-state index contributed by atoms with van der Waals surface area (Å²) in [5.74, 6) is 1.00. The van der Waals surface area contributed by atoms with Gasteiger partial charge in [-0.15, -0.1) is 0 Å². The summed E-state index contributed by atoms with van der Waals surface area (Å²) >= 11 is 0. The van der Waals surface area contributed by atoms with Crippen molar-refractivity contribution in [3.05, 3.63) is 0 Å². The van der Waals surface area contributed by atoms with E-state index in [2.05, 4.69) is 55.4 Å². The molecule has 0 heterocycles. The highest BCUT2D eigenvalue weighted by Gasteiger charge is 2.30. The van der Waals surface area contributed by atoms with Gasteiger partial charge in [0, 0.05) is 25.7 Å². The summed E-state index contributed by atoms with van der Waals surface area (Å²) < 4.78 is 68.8. The first-order valence-electron chi connectivity index (χ1n) is 43.7.